The highest BCUT2D eigenvalue weighted by molar-refractivity contribution is 5.28. The van der Waals surface area contributed by atoms with E-state index in [-0.39, 0.29) is 6.10 Å². The number of hydrogen-bond acceptors (Lipinski definition) is 3. The van der Waals surface area contributed by atoms with Gasteiger partial charge in [-0.3, -0.25) is 0 Å². The summed E-state index contributed by atoms with van der Waals surface area (Å²) in [5.74, 6) is 0. The fraction of sp³-hybridized carbons (Fsp3) is 0.500. The van der Waals surface area contributed by atoms with E-state index in [1.807, 2.05) is 6.20 Å². The largest absolute Gasteiger partial charge is 0.364 e. The molecule has 3 rings (SSSR count). The van der Waals surface area contributed by atoms with Gasteiger partial charge in [0.15, 0.2) is 0 Å². The Bertz CT molecular complexity index is 271. The summed E-state index contributed by atoms with van der Waals surface area (Å²) in [6.07, 6.45) is 6.34. The van der Waals surface area contributed by atoms with Gasteiger partial charge < -0.3 is 4.74 Å². The molecule has 2 unspecified atom stereocenters. The molecule has 3 heteroatoms. The Labute approximate surface area is 64.4 Å². The zero-order valence-corrected chi connectivity index (χ0v) is 6.03. The Hall–Kier alpha value is -0.960. The first kappa shape index (κ1) is 5.66. The summed E-state index contributed by atoms with van der Waals surface area (Å²) in [6, 6.07) is 0. The number of fused-ring (bicyclic) bond motifs is 5. The van der Waals surface area contributed by atoms with Crippen LogP contribution in [0.25, 0.3) is 0 Å². The molecule has 3 nitrogen and oxygen atoms in total. The zero-order valence-electron chi connectivity index (χ0n) is 6.03. The van der Waals surface area contributed by atoms with Gasteiger partial charge in [0.05, 0.1) is 11.8 Å². The van der Waals surface area contributed by atoms with Gasteiger partial charge in [-0.15, -0.1) is 0 Å². The minimum Gasteiger partial charge on any atom is -0.364 e. The van der Waals surface area contributed by atoms with E-state index in [9.17, 15) is 0 Å². The normalized spacial score (nSPS) is 32.4. The van der Waals surface area contributed by atoms with Gasteiger partial charge in [-0.25, -0.2) is 9.97 Å². The van der Waals surface area contributed by atoms with Gasteiger partial charge in [-0.1, -0.05) is 0 Å². The van der Waals surface area contributed by atoms with Crippen LogP contribution in [0.1, 0.15) is 36.3 Å². The van der Waals surface area contributed by atoms with Crippen molar-refractivity contribution in [3.8, 4) is 0 Å². The van der Waals surface area contributed by atoms with Gasteiger partial charge in [0.2, 0.25) is 0 Å². The molecule has 3 heterocycles. The third-order valence-corrected chi connectivity index (χ3v) is 2.44. The van der Waals surface area contributed by atoms with Crippen LogP contribution in [0.15, 0.2) is 12.5 Å². The van der Waals surface area contributed by atoms with Crippen molar-refractivity contribution in [1.82, 2.24) is 9.97 Å². The third kappa shape index (κ3) is 0.613. The van der Waals surface area contributed by atoms with E-state index in [0.717, 1.165) is 18.5 Å². The highest BCUT2D eigenvalue weighted by Gasteiger charge is 2.38. The Morgan fingerprint density at radius 1 is 1.36 bits per heavy atom. The van der Waals surface area contributed by atoms with Crippen LogP contribution in [-0.2, 0) is 4.74 Å². The summed E-state index contributed by atoms with van der Waals surface area (Å²) in [6.45, 7) is 0. The first-order valence-corrected chi connectivity index (χ1v) is 3.90. The number of hydrogen-bond donors (Lipinski definition) is 0. The lowest BCUT2D eigenvalue weighted by Gasteiger charge is -2.07. The maximum atomic E-state index is 5.64. The lowest BCUT2D eigenvalue weighted by molar-refractivity contribution is 0.0703. The van der Waals surface area contributed by atoms with Crippen LogP contribution < -0.4 is 0 Å². The summed E-state index contributed by atoms with van der Waals surface area (Å²) in [5, 5.41) is 0. The molecular formula is C8H8N2O. The van der Waals surface area contributed by atoms with Gasteiger partial charge in [0, 0.05) is 11.8 Å². The summed E-state index contributed by atoms with van der Waals surface area (Å²) in [4.78, 5) is 8.19. The summed E-state index contributed by atoms with van der Waals surface area (Å²) >= 11 is 0. The van der Waals surface area contributed by atoms with Crippen LogP contribution in [-0.4, -0.2) is 9.97 Å². The van der Waals surface area contributed by atoms with Crippen molar-refractivity contribution >= 4 is 0 Å². The van der Waals surface area contributed by atoms with E-state index in [4.69, 9.17) is 4.74 Å². The van der Waals surface area contributed by atoms with Crippen LogP contribution in [0.4, 0.5) is 0 Å². The molecule has 2 aliphatic rings. The number of aromatic nitrogens is 2. The van der Waals surface area contributed by atoms with E-state index in [2.05, 4.69) is 9.97 Å². The molecule has 1 saturated heterocycles. The summed E-state index contributed by atoms with van der Waals surface area (Å²) in [5.41, 5.74) is 2.33. The van der Waals surface area contributed by atoms with Gasteiger partial charge >= 0.3 is 0 Å². The predicted molar refractivity (Wildman–Crippen MR) is 37.8 cm³/mol. The SMILES string of the molecule is c1ncc2c(n1)C1CCC2O1. The van der Waals surface area contributed by atoms with Crippen molar-refractivity contribution in [2.75, 3.05) is 0 Å². The molecule has 1 aromatic rings. The molecule has 2 bridgehead atoms. The Kier molecular flexibility index (Phi) is 0.924. The molecule has 0 amide bonds. The average Bonchev–Trinajstić information content (AvgIpc) is 2.64. The number of ether oxygens (including phenoxy) is 1. The molecule has 0 saturated carbocycles. The third-order valence-electron chi connectivity index (χ3n) is 2.44. The van der Waals surface area contributed by atoms with E-state index >= 15 is 0 Å². The fourth-order valence-corrected chi connectivity index (χ4v) is 1.93. The molecule has 0 radical (unpaired) electrons. The highest BCUT2D eigenvalue weighted by Crippen LogP contribution is 2.48. The molecule has 56 valence electrons. The fourth-order valence-electron chi connectivity index (χ4n) is 1.93. The van der Waals surface area contributed by atoms with Crippen molar-refractivity contribution in [2.24, 2.45) is 0 Å². The maximum absolute atomic E-state index is 5.64. The summed E-state index contributed by atoms with van der Waals surface area (Å²) in [7, 11) is 0. The van der Waals surface area contributed by atoms with Crippen LogP contribution in [0, 0.1) is 0 Å². The van der Waals surface area contributed by atoms with E-state index in [0.29, 0.717) is 6.10 Å². The van der Waals surface area contributed by atoms with Gasteiger partial charge in [0.1, 0.15) is 12.4 Å². The molecule has 0 aliphatic carbocycles. The molecule has 0 aromatic carbocycles. The van der Waals surface area contributed by atoms with Crippen molar-refractivity contribution in [1.29, 1.82) is 0 Å². The van der Waals surface area contributed by atoms with Crippen molar-refractivity contribution in [3.05, 3.63) is 23.8 Å². The maximum Gasteiger partial charge on any atom is 0.115 e. The lowest BCUT2D eigenvalue weighted by atomic mass is 9.98. The van der Waals surface area contributed by atoms with E-state index < -0.39 is 0 Å². The topological polar surface area (TPSA) is 35.0 Å². The van der Waals surface area contributed by atoms with Crippen molar-refractivity contribution in [2.45, 2.75) is 25.0 Å². The predicted octanol–water partition coefficient (Wildman–Crippen LogP) is 1.38. The second kappa shape index (κ2) is 1.80. The molecule has 0 N–H and O–H groups in total. The molecule has 1 fully saturated rings. The van der Waals surface area contributed by atoms with Gasteiger partial charge in [0.25, 0.3) is 0 Å². The number of nitrogens with zero attached hydrogens (tertiary/aromatic N) is 2. The second-order valence-corrected chi connectivity index (χ2v) is 3.05. The van der Waals surface area contributed by atoms with Crippen LogP contribution >= 0.6 is 0 Å². The average molecular weight is 148 g/mol. The van der Waals surface area contributed by atoms with Crippen LogP contribution in [0.5, 0.6) is 0 Å². The highest BCUT2D eigenvalue weighted by atomic mass is 16.5. The second-order valence-electron chi connectivity index (χ2n) is 3.05. The minimum absolute atomic E-state index is 0.276. The Balaban J connectivity index is 2.23. The Morgan fingerprint density at radius 3 is 3.18 bits per heavy atom. The quantitative estimate of drug-likeness (QED) is 0.557. The van der Waals surface area contributed by atoms with Crippen molar-refractivity contribution < 1.29 is 4.74 Å². The van der Waals surface area contributed by atoms with E-state index in [1.54, 1.807) is 6.33 Å². The van der Waals surface area contributed by atoms with Crippen LogP contribution in [0.3, 0.4) is 0 Å². The molecule has 0 spiro atoms. The number of rotatable bonds is 0. The first-order chi connectivity index (χ1) is 5.45. The van der Waals surface area contributed by atoms with Gasteiger partial charge in [-0.05, 0) is 12.8 Å². The smallest absolute Gasteiger partial charge is 0.115 e. The van der Waals surface area contributed by atoms with E-state index in [1.165, 1.54) is 5.56 Å². The molecular weight excluding hydrogens is 140 g/mol. The monoisotopic (exact) mass is 148 g/mol. The first-order valence-electron chi connectivity index (χ1n) is 3.90. The lowest BCUT2D eigenvalue weighted by Crippen LogP contribution is -2.00. The Morgan fingerprint density at radius 2 is 2.27 bits per heavy atom. The standard InChI is InChI=1S/C8H8N2O/c1-2-7-8-5(6(1)11-7)3-9-4-10-8/h3-4,6-7H,1-2H2. The molecule has 11 heavy (non-hydrogen) atoms. The van der Waals surface area contributed by atoms with Crippen LogP contribution in [0.2, 0.25) is 0 Å². The van der Waals surface area contributed by atoms with Crippen molar-refractivity contribution in [3.63, 3.8) is 0 Å². The molecule has 1 aromatic heterocycles. The molecule has 2 aliphatic heterocycles. The summed E-state index contributed by atoms with van der Waals surface area (Å²) < 4.78 is 5.64. The minimum atomic E-state index is 0.276. The van der Waals surface area contributed by atoms with Gasteiger partial charge in [-0.2, -0.15) is 0 Å². The molecule has 2 atom stereocenters. The zero-order chi connectivity index (χ0) is 7.26.